The van der Waals surface area contributed by atoms with Gasteiger partial charge in [0.2, 0.25) is 0 Å². The molecule has 45 heavy (non-hydrogen) atoms. The molecule has 0 spiro atoms. The van der Waals surface area contributed by atoms with Gasteiger partial charge in [0.1, 0.15) is 0 Å². The molecule has 2 amide bonds. The fraction of sp³-hybridized carbons (Fsp3) is 0.321. The summed E-state index contributed by atoms with van der Waals surface area (Å²) in [6.45, 7) is 2.03. The number of carboxylic acid groups (broad SMARTS) is 2. The van der Waals surface area contributed by atoms with Gasteiger partial charge in [-0.05, 0) is 48.1 Å². The van der Waals surface area contributed by atoms with E-state index in [9.17, 15) is 35.9 Å². The number of anilines is 1. The van der Waals surface area contributed by atoms with Crippen LogP contribution in [0, 0.1) is 0 Å². The number of carboxylic acids is 2. The zero-order chi connectivity index (χ0) is 33.4. The minimum atomic E-state index is -5.08. The van der Waals surface area contributed by atoms with Crippen LogP contribution in [0.3, 0.4) is 0 Å². The molecule has 2 unspecified atom stereocenters. The summed E-state index contributed by atoms with van der Waals surface area (Å²) >= 11 is 1.53. The van der Waals surface area contributed by atoms with E-state index in [2.05, 4.69) is 21.3 Å². The Bertz CT molecular complexity index is 1450. The van der Waals surface area contributed by atoms with Crippen LogP contribution >= 0.6 is 11.3 Å². The van der Waals surface area contributed by atoms with Crippen LogP contribution in [0.4, 0.5) is 32.0 Å². The van der Waals surface area contributed by atoms with E-state index >= 15 is 0 Å². The van der Waals surface area contributed by atoms with Crippen LogP contribution in [0.15, 0.2) is 65.6 Å². The Labute approximate surface area is 255 Å². The Hall–Kier alpha value is -4.51. The minimum Gasteiger partial charge on any atom is -0.475 e. The predicted octanol–water partition coefficient (Wildman–Crippen LogP) is 4.83. The highest BCUT2D eigenvalue weighted by atomic mass is 32.1. The summed E-state index contributed by atoms with van der Waals surface area (Å²) < 4.78 is 63.5. The average Bonchev–Trinajstić information content (AvgIpc) is 3.62. The first-order valence-corrected chi connectivity index (χ1v) is 14.0. The summed E-state index contributed by atoms with van der Waals surface area (Å²) in [6.07, 6.45) is -4.85. The zero-order valence-electron chi connectivity index (χ0n) is 23.1. The summed E-state index contributed by atoms with van der Waals surface area (Å²) in [5.74, 6) is -5.55. The van der Waals surface area contributed by atoms with Crippen LogP contribution in [-0.2, 0) is 16.1 Å². The SMILES string of the molecule is O=C(NCC1CCC2CN(C(=O)c3cccnc3)c3ccccc3CN12)c1ccsc1.O=C(O)C(F)(F)F.O=C(O)C(F)(F)F. The van der Waals surface area contributed by atoms with Gasteiger partial charge in [-0.15, -0.1) is 0 Å². The van der Waals surface area contributed by atoms with Crippen molar-refractivity contribution in [3.63, 3.8) is 0 Å². The van der Waals surface area contributed by atoms with Crippen LogP contribution in [0.5, 0.6) is 0 Å². The average molecular weight is 661 g/mol. The lowest BCUT2D eigenvalue weighted by Crippen LogP contribution is -2.45. The number of aliphatic carboxylic acids is 2. The molecule has 1 fully saturated rings. The van der Waals surface area contributed by atoms with E-state index in [-0.39, 0.29) is 23.9 Å². The van der Waals surface area contributed by atoms with Gasteiger partial charge in [0, 0.05) is 60.7 Å². The van der Waals surface area contributed by atoms with Gasteiger partial charge >= 0.3 is 24.3 Å². The number of alkyl halides is 6. The van der Waals surface area contributed by atoms with E-state index in [0.717, 1.165) is 30.6 Å². The first kappa shape index (κ1) is 35.0. The maximum Gasteiger partial charge on any atom is 0.490 e. The van der Waals surface area contributed by atoms with Crippen molar-refractivity contribution in [3.05, 3.63) is 82.3 Å². The lowest BCUT2D eigenvalue weighted by molar-refractivity contribution is -0.193. The lowest BCUT2D eigenvalue weighted by Gasteiger charge is -2.29. The summed E-state index contributed by atoms with van der Waals surface area (Å²) in [7, 11) is 0. The van der Waals surface area contributed by atoms with Gasteiger partial charge in [0.15, 0.2) is 0 Å². The molecule has 10 nitrogen and oxygen atoms in total. The molecule has 3 aromatic rings. The highest BCUT2D eigenvalue weighted by molar-refractivity contribution is 7.08. The van der Waals surface area contributed by atoms with Gasteiger partial charge in [-0.1, -0.05) is 18.2 Å². The number of para-hydroxylation sites is 1. The predicted molar refractivity (Wildman–Crippen MR) is 149 cm³/mol. The number of nitrogens with one attached hydrogen (secondary N) is 1. The van der Waals surface area contributed by atoms with E-state index in [4.69, 9.17) is 19.8 Å². The van der Waals surface area contributed by atoms with Crippen molar-refractivity contribution in [1.29, 1.82) is 0 Å². The standard InChI is InChI=1S/C24H24N4O2S.2C2HF3O2/c29-23(19-9-11-31-16-19)26-13-20-7-8-21-15-28(24(30)17-5-3-10-25-12-17)22-6-2-1-4-18(22)14-27(20)21;2*3-2(4,5)1(6)7/h1-6,9-12,16,20-21H,7-8,13-15H2,(H,26,29);2*(H,6,7). The number of aromatic nitrogens is 1. The molecule has 3 N–H and O–H groups in total. The summed E-state index contributed by atoms with van der Waals surface area (Å²) in [5, 5.41) is 21.1. The second-order valence-electron chi connectivity index (χ2n) is 9.67. The van der Waals surface area contributed by atoms with Crippen molar-refractivity contribution in [1.82, 2.24) is 15.2 Å². The zero-order valence-corrected chi connectivity index (χ0v) is 23.9. The number of amides is 2. The van der Waals surface area contributed by atoms with Crippen LogP contribution < -0.4 is 10.2 Å². The van der Waals surface area contributed by atoms with E-state index in [1.165, 1.54) is 11.3 Å². The van der Waals surface area contributed by atoms with Crippen LogP contribution in [-0.4, -0.2) is 81.4 Å². The second kappa shape index (κ2) is 15.0. The fourth-order valence-corrected chi connectivity index (χ4v) is 5.28. The highest BCUT2D eigenvalue weighted by Crippen LogP contribution is 2.35. The molecule has 0 radical (unpaired) electrons. The maximum absolute atomic E-state index is 13.3. The molecule has 242 valence electrons. The number of rotatable bonds is 4. The van der Waals surface area contributed by atoms with Gasteiger partial charge in [0.05, 0.1) is 5.56 Å². The van der Waals surface area contributed by atoms with Crippen molar-refractivity contribution >= 4 is 40.8 Å². The van der Waals surface area contributed by atoms with Gasteiger partial charge in [-0.25, -0.2) is 9.59 Å². The van der Waals surface area contributed by atoms with E-state index in [1.807, 2.05) is 46.0 Å². The number of carbonyl (C=O) groups excluding carboxylic acids is 2. The molecule has 1 saturated heterocycles. The molecule has 2 aromatic heterocycles. The number of benzene rings is 1. The van der Waals surface area contributed by atoms with Gasteiger partial charge in [-0.3, -0.25) is 19.5 Å². The molecule has 2 atom stereocenters. The third kappa shape index (κ3) is 9.74. The number of fused-ring (bicyclic) bond motifs is 2. The quantitative estimate of drug-likeness (QED) is 0.338. The fourth-order valence-electron chi connectivity index (χ4n) is 4.65. The van der Waals surface area contributed by atoms with E-state index in [0.29, 0.717) is 24.2 Å². The summed E-state index contributed by atoms with van der Waals surface area (Å²) in [4.78, 5) is 52.0. The Morgan fingerprint density at radius 2 is 1.56 bits per heavy atom. The number of hydrogen-bond acceptors (Lipinski definition) is 7. The van der Waals surface area contributed by atoms with E-state index < -0.39 is 24.3 Å². The van der Waals surface area contributed by atoms with E-state index in [1.54, 1.807) is 18.5 Å². The van der Waals surface area contributed by atoms with Crippen molar-refractivity contribution in [2.75, 3.05) is 18.0 Å². The smallest absolute Gasteiger partial charge is 0.475 e. The number of hydrogen-bond donors (Lipinski definition) is 3. The second-order valence-corrected chi connectivity index (χ2v) is 10.5. The third-order valence-electron chi connectivity index (χ3n) is 6.72. The summed E-state index contributed by atoms with van der Waals surface area (Å²) in [5.41, 5.74) is 3.42. The van der Waals surface area contributed by atoms with Crippen LogP contribution in [0.2, 0.25) is 0 Å². The number of carbonyl (C=O) groups is 4. The molecule has 0 bridgehead atoms. The Kier molecular flexibility index (Phi) is 11.6. The third-order valence-corrected chi connectivity index (χ3v) is 7.40. The molecule has 0 saturated carbocycles. The largest absolute Gasteiger partial charge is 0.490 e. The number of nitrogens with zero attached hydrogens (tertiary/aromatic N) is 3. The lowest BCUT2D eigenvalue weighted by atomic mass is 10.1. The Balaban J connectivity index is 0.000000331. The molecular formula is C28H26F6N4O6S. The van der Waals surface area contributed by atoms with Crippen LogP contribution in [0.25, 0.3) is 0 Å². The molecular weight excluding hydrogens is 634 g/mol. The van der Waals surface area contributed by atoms with Crippen molar-refractivity contribution in [3.8, 4) is 0 Å². The van der Waals surface area contributed by atoms with Gasteiger partial charge in [-0.2, -0.15) is 37.7 Å². The van der Waals surface area contributed by atoms with Crippen molar-refractivity contribution in [2.24, 2.45) is 0 Å². The normalized spacial score (nSPS) is 17.7. The number of pyridine rings is 1. The molecule has 4 heterocycles. The first-order valence-electron chi connectivity index (χ1n) is 13.1. The van der Waals surface area contributed by atoms with Crippen molar-refractivity contribution in [2.45, 2.75) is 43.8 Å². The number of halogens is 6. The highest BCUT2D eigenvalue weighted by Gasteiger charge is 2.40. The molecule has 2 aliphatic rings. The maximum atomic E-state index is 13.3. The number of thiophene rings is 1. The van der Waals surface area contributed by atoms with Crippen LogP contribution in [0.1, 0.15) is 39.1 Å². The molecule has 1 aromatic carbocycles. The monoisotopic (exact) mass is 660 g/mol. The topological polar surface area (TPSA) is 140 Å². The Morgan fingerprint density at radius 1 is 0.911 bits per heavy atom. The molecule has 0 aliphatic carbocycles. The molecule has 5 rings (SSSR count). The Morgan fingerprint density at radius 3 is 2.11 bits per heavy atom. The summed E-state index contributed by atoms with van der Waals surface area (Å²) in [6, 6.07) is 14.1. The molecule has 17 heteroatoms. The molecule has 2 aliphatic heterocycles. The van der Waals surface area contributed by atoms with Crippen molar-refractivity contribution < 1.29 is 55.7 Å². The minimum absolute atomic E-state index is 0.0170. The first-order chi connectivity index (χ1) is 21.1. The van der Waals surface area contributed by atoms with Gasteiger partial charge < -0.3 is 20.4 Å². The van der Waals surface area contributed by atoms with Gasteiger partial charge in [0.25, 0.3) is 11.8 Å².